The minimum atomic E-state index is -0.222. The first-order valence-corrected chi connectivity index (χ1v) is 7.30. The fourth-order valence-corrected chi connectivity index (χ4v) is 2.98. The third kappa shape index (κ3) is 3.58. The van der Waals surface area contributed by atoms with Crippen molar-refractivity contribution < 1.29 is 4.79 Å². The number of likely N-dealkylation sites (N-methyl/N-ethyl adjacent to an activating group) is 1. The Balaban J connectivity index is 1.97. The predicted octanol–water partition coefficient (Wildman–Crippen LogP) is 1.14. The Kier molecular flexibility index (Phi) is 5.15. The first kappa shape index (κ1) is 15.0. The van der Waals surface area contributed by atoms with Gasteiger partial charge in [0, 0.05) is 26.7 Å². The molecule has 2 atom stereocenters. The summed E-state index contributed by atoms with van der Waals surface area (Å²) in [5.41, 5.74) is 6.83. The molecular weight excluding hydrogens is 250 g/mol. The predicted molar refractivity (Wildman–Crippen MR) is 81.5 cm³/mol. The second kappa shape index (κ2) is 6.86. The van der Waals surface area contributed by atoms with Crippen molar-refractivity contribution in [1.29, 1.82) is 0 Å². The summed E-state index contributed by atoms with van der Waals surface area (Å²) in [6, 6.07) is 9.83. The van der Waals surface area contributed by atoms with E-state index in [-0.39, 0.29) is 11.8 Å². The maximum Gasteiger partial charge on any atom is 0.231 e. The molecule has 2 rings (SSSR count). The molecule has 4 heteroatoms. The van der Waals surface area contributed by atoms with Gasteiger partial charge in [0.2, 0.25) is 5.91 Å². The van der Waals surface area contributed by atoms with Crippen molar-refractivity contribution in [3.8, 4) is 0 Å². The van der Waals surface area contributed by atoms with Crippen molar-refractivity contribution in [3.05, 3.63) is 35.9 Å². The Morgan fingerprint density at radius 1 is 1.45 bits per heavy atom. The van der Waals surface area contributed by atoms with Crippen molar-refractivity contribution in [3.63, 3.8) is 0 Å². The van der Waals surface area contributed by atoms with Crippen LogP contribution in [0.5, 0.6) is 0 Å². The Morgan fingerprint density at radius 3 is 2.70 bits per heavy atom. The van der Waals surface area contributed by atoms with Crippen LogP contribution in [0.15, 0.2) is 30.3 Å². The first-order chi connectivity index (χ1) is 9.61. The van der Waals surface area contributed by atoms with E-state index >= 15 is 0 Å². The highest BCUT2D eigenvalue weighted by atomic mass is 16.2. The van der Waals surface area contributed by atoms with E-state index in [1.807, 2.05) is 42.3 Å². The largest absolute Gasteiger partial charge is 0.345 e. The number of carbonyl (C=O) groups is 1. The zero-order valence-corrected chi connectivity index (χ0v) is 12.5. The molecule has 2 N–H and O–H groups in total. The van der Waals surface area contributed by atoms with Gasteiger partial charge in [-0.2, -0.15) is 0 Å². The molecule has 2 unspecified atom stereocenters. The molecule has 0 saturated carbocycles. The van der Waals surface area contributed by atoms with Gasteiger partial charge in [-0.1, -0.05) is 30.3 Å². The van der Waals surface area contributed by atoms with Gasteiger partial charge >= 0.3 is 0 Å². The summed E-state index contributed by atoms with van der Waals surface area (Å²) in [5.74, 6) is 0.497. The van der Waals surface area contributed by atoms with Crippen LogP contribution in [0.2, 0.25) is 0 Å². The summed E-state index contributed by atoms with van der Waals surface area (Å²) in [6.45, 7) is 3.40. The number of nitrogens with two attached hydrogens (primary N) is 1. The summed E-state index contributed by atoms with van der Waals surface area (Å²) in [5, 5.41) is 0. The lowest BCUT2D eigenvalue weighted by Crippen LogP contribution is -2.38. The van der Waals surface area contributed by atoms with Crippen LogP contribution in [0.1, 0.15) is 17.9 Å². The van der Waals surface area contributed by atoms with Crippen LogP contribution in [0, 0.1) is 5.92 Å². The van der Waals surface area contributed by atoms with Crippen LogP contribution in [-0.4, -0.2) is 56.0 Å². The molecule has 1 saturated heterocycles. The number of hydrogen-bond donors (Lipinski definition) is 1. The Hall–Kier alpha value is -1.39. The van der Waals surface area contributed by atoms with E-state index in [2.05, 4.69) is 11.9 Å². The first-order valence-electron chi connectivity index (χ1n) is 7.30. The average Bonchev–Trinajstić information content (AvgIpc) is 2.86. The maximum absolute atomic E-state index is 12.6. The highest BCUT2D eigenvalue weighted by molar-refractivity contribution is 5.83. The van der Waals surface area contributed by atoms with Crippen molar-refractivity contribution in [2.24, 2.45) is 11.7 Å². The zero-order valence-electron chi connectivity index (χ0n) is 12.5. The second-order valence-electron chi connectivity index (χ2n) is 5.83. The fourth-order valence-electron chi connectivity index (χ4n) is 2.98. The molecule has 1 aliphatic heterocycles. The highest BCUT2D eigenvalue weighted by Crippen LogP contribution is 2.20. The monoisotopic (exact) mass is 275 g/mol. The van der Waals surface area contributed by atoms with Crippen molar-refractivity contribution in [2.45, 2.75) is 12.3 Å². The number of carbonyl (C=O) groups excluding carboxylic acids is 1. The van der Waals surface area contributed by atoms with Crippen molar-refractivity contribution in [2.75, 3.05) is 40.3 Å². The normalized spacial score (nSPS) is 20.9. The third-order valence-electron chi connectivity index (χ3n) is 4.13. The third-order valence-corrected chi connectivity index (χ3v) is 4.13. The number of benzene rings is 1. The van der Waals surface area contributed by atoms with E-state index in [4.69, 9.17) is 5.73 Å². The zero-order chi connectivity index (χ0) is 14.5. The van der Waals surface area contributed by atoms with Crippen molar-refractivity contribution >= 4 is 5.91 Å². The van der Waals surface area contributed by atoms with Gasteiger partial charge in [0.1, 0.15) is 0 Å². The number of likely N-dealkylation sites (tertiary alicyclic amines) is 1. The average molecular weight is 275 g/mol. The fraction of sp³-hybridized carbons (Fsp3) is 0.562. The molecule has 0 spiro atoms. The summed E-state index contributed by atoms with van der Waals surface area (Å²) in [6.07, 6.45) is 1.17. The molecule has 0 aromatic heterocycles. The standard InChI is InChI=1S/C16H25N3O/c1-18-9-8-13(11-18)12-19(2)16(20)15(10-17)14-6-4-3-5-7-14/h3-7,13,15H,8-12,17H2,1-2H3. The van der Waals surface area contributed by atoms with Gasteiger partial charge in [0.05, 0.1) is 5.92 Å². The summed E-state index contributed by atoms with van der Waals surface area (Å²) < 4.78 is 0. The molecule has 1 aromatic carbocycles. The number of rotatable bonds is 5. The summed E-state index contributed by atoms with van der Waals surface area (Å²) >= 11 is 0. The van der Waals surface area contributed by atoms with Crippen LogP contribution >= 0.6 is 0 Å². The molecule has 1 aliphatic rings. The Bertz CT molecular complexity index is 435. The molecule has 1 heterocycles. The molecular formula is C16H25N3O. The van der Waals surface area contributed by atoms with E-state index in [1.165, 1.54) is 6.42 Å². The second-order valence-corrected chi connectivity index (χ2v) is 5.83. The van der Waals surface area contributed by atoms with Crippen LogP contribution < -0.4 is 5.73 Å². The SMILES string of the molecule is CN1CCC(CN(C)C(=O)C(CN)c2ccccc2)C1. The summed E-state index contributed by atoms with van der Waals surface area (Å²) in [7, 11) is 4.03. The van der Waals surface area contributed by atoms with Crippen LogP contribution in [0.3, 0.4) is 0 Å². The van der Waals surface area contributed by atoms with Gasteiger partial charge in [-0.15, -0.1) is 0 Å². The molecule has 0 radical (unpaired) electrons. The topological polar surface area (TPSA) is 49.6 Å². The van der Waals surface area contributed by atoms with Gasteiger partial charge < -0.3 is 15.5 Å². The van der Waals surface area contributed by atoms with Crippen LogP contribution in [0.4, 0.5) is 0 Å². The lowest BCUT2D eigenvalue weighted by atomic mass is 9.97. The van der Waals surface area contributed by atoms with E-state index < -0.39 is 0 Å². The van der Waals surface area contributed by atoms with E-state index in [0.717, 1.165) is 25.2 Å². The minimum absolute atomic E-state index is 0.133. The van der Waals surface area contributed by atoms with E-state index in [9.17, 15) is 4.79 Å². The van der Waals surface area contributed by atoms with Gasteiger partial charge in [0.25, 0.3) is 0 Å². The van der Waals surface area contributed by atoms with Crippen LogP contribution in [-0.2, 0) is 4.79 Å². The molecule has 1 aromatic rings. The number of hydrogen-bond acceptors (Lipinski definition) is 3. The van der Waals surface area contributed by atoms with E-state index in [0.29, 0.717) is 12.5 Å². The molecule has 1 amide bonds. The number of amides is 1. The molecule has 0 bridgehead atoms. The van der Waals surface area contributed by atoms with Gasteiger partial charge in [-0.25, -0.2) is 0 Å². The van der Waals surface area contributed by atoms with Gasteiger partial charge in [0.15, 0.2) is 0 Å². The van der Waals surface area contributed by atoms with E-state index in [1.54, 1.807) is 0 Å². The van der Waals surface area contributed by atoms with Crippen molar-refractivity contribution in [1.82, 2.24) is 9.80 Å². The number of nitrogens with zero attached hydrogens (tertiary/aromatic N) is 2. The quantitative estimate of drug-likeness (QED) is 0.876. The molecule has 20 heavy (non-hydrogen) atoms. The Labute approximate surface area is 121 Å². The van der Waals surface area contributed by atoms with Gasteiger partial charge in [-0.3, -0.25) is 4.79 Å². The van der Waals surface area contributed by atoms with Crippen LogP contribution in [0.25, 0.3) is 0 Å². The molecule has 4 nitrogen and oxygen atoms in total. The van der Waals surface area contributed by atoms with Gasteiger partial charge in [-0.05, 0) is 31.5 Å². The lowest BCUT2D eigenvalue weighted by molar-refractivity contribution is -0.131. The minimum Gasteiger partial charge on any atom is -0.345 e. The maximum atomic E-state index is 12.6. The summed E-state index contributed by atoms with van der Waals surface area (Å²) in [4.78, 5) is 16.8. The molecule has 1 fully saturated rings. The highest BCUT2D eigenvalue weighted by Gasteiger charge is 2.26. The lowest BCUT2D eigenvalue weighted by Gasteiger charge is -2.25. The smallest absolute Gasteiger partial charge is 0.231 e. The molecule has 110 valence electrons. The Morgan fingerprint density at radius 2 is 2.15 bits per heavy atom. The molecule has 0 aliphatic carbocycles.